The summed E-state index contributed by atoms with van der Waals surface area (Å²) in [5.74, 6) is 0.317. The van der Waals surface area contributed by atoms with Gasteiger partial charge in [-0.2, -0.15) is 0 Å². The second kappa shape index (κ2) is 5.19. The van der Waals surface area contributed by atoms with Gasteiger partial charge in [0.2, 0.25) is 0 Å². The average Bonchev–Trinajstić information content (AvgIpc) is 2.83. The van der Waals surface area contributed by atoms with Gasteiger partial charge in [0.1, 0.15) is 16.9 Å². The maximum atomic E-state index is 12.2. The summed E-state index contributed by atoms with van der Waals surface area (Å²) >= 11 is 0. The summed E-state index contributed by atoms with van der Waals surface area (Å²) in [6.45, 7) is 2.11. The van der Waals surface area contributed by atoms with Crippen molar-refractivity contribution >= 4 is 21.5 Å². The lowest BCUT2D eigenvalue weighted by molar-refractivity contribution is 0.331. The number of aromatic nitrogens is 1. The van der Waals surface area contributed by atoms with Crippen molar-refractivity contribution in [1.29, 1.82) is 0 Å². The number of ether oxygens (including phenoxy) is 1. The van der Waals surface area contributed by atoms with E-state index in [1.165, 1.54) is 24.5 Å². The van der Waals surface area contributed by atoms with Gasteiger partial charge in [-0.15, -0.1) is 0 Å². The van der Waals surface area contributed by atoms with Crippen molar-refractivity contribution in [3.63, 3.8) is 0 Å². The van der Waals surface area contributed by atoms with Crippen LogP contribution >= 0.6 is 0 Å². The Morgan fingerprint density at radius 2 is 2.21 bits per heavy atom. The molecule has 19 heavy (non-hydrogen) atoms. The molecule has 102 valence electrons. The predicted molar refractivity (Wildman–Crippen MR) is 69.3 cm³/mol. The Balaban J connectivity index is 2.41. The molecule has 1 aromatic heterocycles. The highest BCUT2D eigenvalue weighted by molar-refractivity contribution is 7.92. The normalized spacial score (nSPS) is 11.2. The lowest BCUT2D eigenvalue weighted by atomic mass is 10.3. The summed E-state index contributed by atoms with van der Waals surface area (Å²) in [4.78, 5) is -0.0441. The Morgan fingerprint density at radius 1 is 1.42 bits per heavy atom. The summed E-state index contributed by atoms with van der Waals surface area (Å²) in [6.07, 6.45) is 1.26. The van der Waals surface area contributed by atoms with E-state index in [1.807, 2.05) is 0 Å². The van der Waals surface area contributed by atoms with Crippen LogP contribution in [0.2, 0.25) is 0 Å². The molecule has 0 saturated heterocycles. The minimum atomic E-state index is -3.84. The molecule has 0 fully saturated rings. The Bertz CT molecular complexity index is 653. The molecule has 7 nitrogen and oxygen atoms in total. The average molecular weight is 283 g/mol. The van der Waals surface area contributed by atoms with Crippen molar-refractivity contribution in [2.45, 2.75) is 11.8 Å². The fraction of sp³-hybridized carbons (Fsp3) is 0.182. The number of sulfonamides is 1. The number of hydrogen-bond donors (Lipinski definition) is 2. The molecule has 0 aliphatic heterocycles. The van der Waals surface area contributed by atoms with E-state index in [0.717, 1.165) is 0 Å². The van der Waals surface area contributed by atoms with Crippen LogP contribution in [0.3, 0.4) is 0 Å². The van der Waals surface area contributed by atoms with Crippen molar-refractivity contribution in [2.75, 3.05) is 17.1 Å². The highest BCUT2D eigenvalue weighted by Crippen LogP contribution is 2.27. The van der Waals surface area contributed by atoms with E-state index in [0.29, 0.717) is 12.3 Å². The van der Waals surface area contributed by atoms with Crippen molar-refractivity contribution in [3.8, 4) is 5.75 Å². The number of nitrogens with one attached hydrogen (secondary N) is 1. The van der Waals surface area contributed by atoms with E-state index in [1.54, 1.807) is 13.0 Å². The summed E-state index contributed by atoms with van der Waals surface area (Å²) in [6, 6.07) is 5.80. The summed E-state index contributed by atoms with van der Waals surface area (Å²) < 4.78 is 36.6. The Morgan fingerprint density at radius 3 is 2.84 bits per heavy atom. The van der Waals surface area contributed by atoms with Crippen molar-refractivity contribution < 1.29 is 17.7 Å². The van der Waals surface area contributed by atoms with Gasteiger partial charge in [0.25, 0.3) is 10.0 Å². The van der Waals surface area contributed by atoms with Crippen LogP contribution in [0.1, 0.15) is 6.92 Å². The Hall–Kier alpha value is -2.22. The van der Waals surface area contributed by atoms with Crippen molar-refractivity contribution in [3.05, 3.63) is 30.5 Å². The number of hydrogen-bond acceptors (Lipinski definition) is 6. The van der Waals surface area contributed by atoms with E-state index >= 15 is 0 Å². The van der Waals surface area contributed by atoms with Crippen LogP contribution in [-0.4, -0.2) is 20.2 Å². The summed E-state index contributed by atoms with van der Waals surface area (Å²) in [7, 11) is -3.84. The molecule has 2 aromatic rings. The zero-order valence-electron chi connectivity index (χ0n) is 10.2. The van der Waals surface area contributed by atoms with E-state index in [-0.39, 0.29) is 16.5 Å². The number of anilines is 2. The Labute approximate surface area is 110 Å². The third kappa shape index (κ3) is 2.97. The Kier molecular flexibility index (Phi) is 3.61. The maximum Gasteiger partial charge on any atom is 0.266 e. The molecule has 2 rings (SSSR count). The first-order valence-corrected chi connectivity index (χ1v) is 6.97. The van der Waals surface area contributed by atoms with Crippen LogP contribution in [0.25, 0.3) is 0 Å². The lowest BCUT2D eigenvalue weighted by Crippen LogP contribution is -2.15. The first-order chi connectivity index (χ1) is 9.03. The molecule has 0 amide bonds. The molecule has 0 aliphatic carbocycles. The van der Waals surface area contributed by atoms with E-state index in [2.05, 4.69) is 14.4 Å². The highest BCUT2D eigenvalue weighted by Gasteiger charge is 2.21. The second-order valence-corrected chi connectivity index (χ2v) is 5.28. The molecule has 1 heterocycles. The molecule has 0 atom stereocenters. The van der Waals surface area contributed by atoms with Crippen molar-refractivity contribution in [1.82, 2.24) is 5.16 Å². The molecule has 0 radical (unpaired) electrons. The number of rotatable bonds is 5. The van der Waals surface area contributed by atoms with E-state index < -0.39 is 10.0 Å². The van der Waals surface area contributed by atoms with Gasteiger partial charge >= 0.3 is 0 Å². The monoisotopic (exact) mass is 283 g/mol. The van der Waals surface area contributed by atoms with Crippen LogP contribution in [0, 0.1) is 0 Å². The molecule has 0 aliphatic rings. The minimum Gasteiger partial charge on any atom is -0.492 e. The number of nitrogens with zero attached hydrogens (tertiary/aromatic N) is 1. The fourth-order valence-electron chi connectivity index (χ4n) is 1.47. The quantitative estimate of drug-likeness (QED) is 0.804. The van der Waals surface area contributed by atoms with Gasteiger partial charge in [-0.1, -0.05) is 5.16 Å². The highest BCUT2D eigenvalue weighted by atomic mass is 32.2. The molecule has 0 bridgehead atoms. The van der Waals surface area contributed by atoms with Crippen LogP contribution < -0.4 is 15.2 Å². The van der Waals surface area contributed by atoms with Crippen molar-refractivity contribution in [2.24, 2.45) is 0 Å². The lowest BCUT2D eigenvalue weighted by Gasteiger charge is -2.11. The van der Waals surface area contributed by atoms with Gasteiger partial charge in [-0.3, -0.25) is 4.72 Å². The summed E-state index contributed by atoms with van der Waals surface area (Å²) in [5, 5.41) is 3.49. The van der Waals surface area contributed by atoms with Gasteiger partial charge < -0.3 is 15.0 Å². The molecule has 1 aromatic carbocycles. The van der Waals surface area contributed by atoms with Gasteiger partial charge in [0.15, 0.2) is 5.82 Å². The second-order valence-electron chi connectivity index (χ2n) is 3.63. The molecular formula is C11H13N3O4S. The van der Waals surface area contributed by atoms with Crippen LogP contribution in [-0.2, 0) is 10.0 Å². The minimum absolute atomic E-state index is 0.0441. The smallest absolute Gasteiger partial charge is 0.266 e. The van der Waals surface area contributed by atoms with Gasteiger partial charge in [-0.05, 0) is 25.1 Å². The maximum absolute atomic E-state index is 12.2. The van der Waals surface area contributed by atoms with Gasteiger partial charge in [0.05, 0.1) is 6.61 Å². The molecule has 0 unspecified atom stereocenters. The number of nitrogens with two attached hydrogens (primary N) is 1. The van der Waals surface area contributed by atoms with Crippen LogP contribution in [0.5, 0.6) is 5.75 Å². The van der Waals surface area contributed by atoms with Gasteiger partial charge in [-0.25, -0.2) is 8.42 Å². The SMILES string of the molecule is CCOc1ccc(N)cc1S(=O)(=O)Nc1ccon1. The number of benzene rings is 1. The topological polar surface area (TPSA) is 107 Å². The third-order valence-corrected chi connectivity index (χ3v) is 3.61. The van der Waals surface area contributed by atoms with Crippen LogP contribution in [0.4, 0.5) is 11.5 Å². The van der Waals surface area contributed by atoms with E-state index in [4.69, 9.17) is 10.5 Å². The van der Waals surface area contributed by atoms with Crippen LogP contribution in [0.15, 0.2) is 39.9 Å². The molecule has 0 saturated carbocycles. The van der Waals surface area contributed by atoms with E-state index in [9.17, 15) is 8.42 Å². The predicted octanol–water partition coefficient (Wildman–Crippen LogP) is 1.46. The largest absolute Gasteiger partial charge is 0.492 e. The third-order valence-electron chi connectivity index (χ3n) is 2.23. The van der Waals surface area contributed by atoms with Gasteiger partial charge in [0, 0.05) is 11.8 Å². The molecule has 3 N–H and O–H groups in total. The number of nitrogen functional groups attached to an aromatic ring is 1. The summed E-state index contributed by atoms with van der Waals surface area (Å²) in [5.41, 5.74) is 5.93. The zero-order chi connectivity index (χ0) is 13.9. The zero-order valence-corrected chi connectivity index (χ0v) is 11.0. The standard InChI is InChI=1S/C11H13N3O4S/c1-2-17-9-4-3-8(12)7-10(9)19(15,16)14-11-5-6-18-13-11/h3-7H,2,12H2,1H3,(H,13,14). The molecule has 8 heteroatoms. The first-order valence-electron chi connectivity index (χ1n) is 5.48. The fourth-order valence-corrected chi connectivity index (χ4v) is 2.64. The molecule has 0 spiro atoms. The molecular weight excluding hydrogens is 270 g/mol. The first kappa shape index (κ1) is 13.2.